The summed E-state index contributed by atoms with van der Waals surface area (Å²) in [5, 5.41) is 76.8. The fraction of sp³-hybridized carbons (Fsp3) is 0.927. The van der Waals surface area contributed by atoms with E-state index in [1.807, 2.05) is 0 Å². The molecule has 15 N–H and O–H groups in total. The summed E-state index contributed by atoms with van der Waals surface area (Å²) in [7, 11) is 3.08. The number of guanidine groups is 1. The molecule has 18 heteroatoms. The molecule has 3 heterocycles. The average Bonchev–Trinajstić information content (AvgIpc) is 3.23. The topological polar surface area (TPSA) is 310 Å². The van der Waals surface area contributed by atoms with Crippen LogP contribution in [0, 0.1) is 53.3 Å². The number of aliphatic imine (C=N–C) groups is 1. The number of hydrogen-bond acceptors (Lipinski definition) is 16. The van der Waals surface area contributed by atoms with Crippen molar-refractivity contribution in [2.45, 2.75) is 138 Å². The highest BCUT2D eigenvalue weighted by Gasteiger charge is 2.62. The third kappa shape index (κ3) is 10.2. The van der Waals surface area contributed by atoms with Crippen LogP contribution in [0.1, 0.15) is 77.0 Å². The Morgan fingerprint density at radius 3 is 2.42 bits per heavy atom. The summed E-state index contributed by atoms with van der Waals surface area (Å²) in [5.74, 6) is -3.79. The van der Waals surface area contributed by atoms with Gasteiger partial charge in [0.25, 0.3) is 0 Å². The molecule has 59 heavy (non-hydrogen) atoms. The van der Waals surface area contributed by atoms with Gasteiger partial charge in [0.2, 0.25) is 0 Å². The Labute approximate surface area is 347 Å². The van der Waals surface area contributed by atoms with E-state index in [4.69, 9.17) is 31.4 Å². The Morgan fingerprint density at radius 2 is 1.76 bits per heavy atom. The predicted molar refractivity (Wildman–Crippen MR) is 216 cm³/mol. The van der Waals surface area contributed by atoms with Gasteiger partial charge in [0.1, 0.15) is 35.5 Å². The molecule has 3 aliphatic heterocycles. The van der Waals surface area contributed by atoms with Gasteiger partial charge in [0.15, 0.2) is 12.2 Å². The van der Waals surface area contributed by atoms with Crippen molar-refractivity contribution < 1.29 is 54.4 Å². The number of hydrogen-bond donors (Lipinski definition) is 12. The first-order valence-electron chi connectivity index (χ1n) is 22.1. The van der Waals surface area contributed by atoms with Crippen molar-refractivity contribution in [2.24, 2.45) is 75.5 Å². The number of aliphatic hydroxyl groups excluding tert-OH is 5. The monoisotopic (exact) mass is 840 g/mol. The van der Waals surface area contributed by atoms with E-state index in [0.717, 1.165) is 38.8 Å². The molecule has 3 saturated carbocycles. The molecule has 3 aliphatic carbocycles. The van der Waals surface area contributed by atoms with E-state index < -0.39 is 84.7 Å². The van der Waals surface area contributed by atoms with Gasteiger partial charge in [-0.2, -0.15) is 0 Å². The predicted octanol–water partition coefficient (Wildman–Crippen LogP) is -2.37. The Balaban J connectivity index is 1.22. The van der Waals surface area contributed by atoms with E-state index in [1.54, 1.807) is 7.05 Å². The van der Waals surface area contributed by atoms with Gasteiger partial charge in [-0.25, -0.2) is 0 Å². The molecule has 6 aliphatic rings. The Hall–Kier alpha value is -1.91. The molecule has 0 aromatic heterocycles. The first-order valence-corrected chi connectivity index (χ1v) is 22.1. The van der Waals surface area contributed by atoms with Crippen LogP contribution in [0.4, 0.5) is 0 Å². The van der Waals surface area contributed by atoms with Gasteiger partial charge >= 0.3 is 0 Å². The Bertz CT molecular complexity index is 1420. The maximum Gasteiger partial charge on any atom is 0.188 e. The fourth-order valence-electron chi connectivity index (χ4n) is 11.8. The van der Waals surface area contributed by atoms with E-state index in [2.05, 4.69) is 20.9 Å². The summed E-state index contributed by atoms with van der Waals surface area (Å²) < 4.78 is 18.2. The number of carbonyl (C=O) groups is 2. The van der Waals surface area contributed by atoms with E-state index >= 15 is 0 Å². The molecule has 6 rings (SSSR count). The van der Waals surface area contributed by atoms with Crippen LogP contribution in [0.2, 0.25) is 0 Å². The minimum atomic E-state index is -1.99. The van der Waals surface area contributed by atoms with Crippen molar-refractivity contribution in [3.8, 4) is 0 Å². The van der Waals surface area contributed by atoms with Crippen molar-refractivity contribution in [1.29, 1.82) is 0 Å². The third-order valence-electron chi connectivity index (χ3n) is 15.2. The number of fused-ring (bicyclic) bond motifs is 2. The second-order valence-electron chi connectivity index (χ2n) is 18.5. The summed E-state index contributed by atoms with van der Waals surface area (Å²) in [6.45, 7) is 1.07. The van der Waals surface area contributed by atoms with E-state index in [0.29, 0.717) is 38.0 Å². The molecule has 6 fully saturated rings. The maximum atomic E-state index is 14.9. The van der Waals surface area contributed by atoms with E-state index in [-0.39, 0.29) is 80.0 Å². The zero-order valence-corrected chi connectivity index (χ0v) is 34.8. The van der Waals surface area contributed by atoms with Gasteiger partial charge in [0.05, 0.1) is 49.1 Å². The van der Waals surface area contributed by atoms with E-state index in [9.17, 15) is 40.2 Å². The molecule has 0 radical (unpaired) electrons. The van der Waals surface area contributed by atoms with Gasteiger partial charge in [-0.1, -0.05) is 0 Å². The van der Waals surface area contributed by atoms with Gasteiger partial charge in [0, 0.05) is 51.5 Å². The summed E-state index contributed by atoms with van der Waals surface area (Å²) in [4.78, 5) is 33.7. The average molecular weight is 840 g/mol. The summed E-state index contributed by atoms with van der Waals surface area (Å²) in [5.41, 5.74) is 16.3. The second kappa shape index (κ2) is 20.5. The molecule has 0 bridgehead atoms. The normalized spacial score (nSPS) is 45.1. The highest BCUT2D eigenvalue weighted by molar-refractivity contribution is 6.00. The number of rotatable bonds is 15. The molecular formula is C41H73N7O11. The number of aliphatic hydroxyl groups is 6. The summed E-state index contributed by atoms with van der Waals surface area (Å²) in [6, 6.07) is 0. The number of carbonyl (C=O) groups excluding carboxylic acids is 2. The number of nitrogens with zero attached hydrogens (tertiary/aromatic N) is 1. The van der Waals surface area contributed by atoms with Gasteiger partial charge in [-0.3, -0.25) is 14.6 Å². The lowest BCUT2D eigenvalue weighted by Crippen LogP contribution is -2.68. The Morgan fingerprint density at radius 1 is 1.00 bits per heavy atom. The van der Waals surface area contributed by atoms with Crippen LogP contribution in [0.15, 0.2) is 4.99 Å². The first kappa shape index (κ1) is 46.6. The van der Waals surface area contributed by atoms with Crippen molar-refractivity contribution >= 4 is 17.5 Å². The summed E-state index contributed by atoms with van der Waals surface area (Å²) >= 11 is 0. The lowest BCUT2D eigenvalue weighted by molar-refractivity contribution is -0.346. The largest absolute Gasteiger partial charge is 0.396 e. The SMILES string of the molecule is CN=C(N)NCC1C(CC(CCCO)C2CCC(N)NC2)CC2C(=O)C3CC(OC)CC(OC4OC(CO)C(O)(CCC5CCNC(N)C5)C(O)C4O)C3C(=O)C2C1O. The quantitative estimate of drug-likeness (QED) is 0.0606. The first-order chi connectivity index (χ1) is 28.2. The molecule has 338 valence electrons. The van der Waals surface area contributed by atoms with Crippen LogP contribution in [0.5, 0.6) is 0 Å². The number of ether oxygens (including phenoxy) is 3. The lowest BCUT2D eigenvalue weighted by atomic mass is 9.52. The molecule has 19 atom stereocenters. The standard InChI is InChI=1S/C41H73N7O11/c1-45-40(44)48-18-27-23(13-21(4-3-11-49)22-5-6-30(42)47-17-22)14-25-33(35(27)52)36(53)32-26(34(25)51)15-24(57-2)16-28(32)58-39-37(54)38(55)41(56,29(19-50)59-39)9-7-20-8-10-46-31(43)12-20/h20-33,35,37-39,46-47,49-50,52,54-56H,3-19,42-43H2,1-2H3,(H3,44,45,48). The number of methoxy groups -OCH3 is 1. The van der Waals surface area contributed by atoms with E-state index in [1.165, 1.54) is 7.11 Å². The smallest absolute Gasteiger partial charge is 0.188 e. The zero-order chi connectivity index (χ0) is 42.6. The van der Waals surface area contributed by atoms with Crippen molar-refractivity contribution in [1.82, 2.24) is 16.0 Å². The van der Waals surface area contributed by atoms with Crippen LogP contribution in [-0.4, -0.2) is 156 Å². The number of nitrogens with two attached hydrogens (primary N) is 3. The minimum absolute atomic E-state index is 0.0368. The minimum Gasteiger partial charge on any atom is -0.396 e. The van der Waals surface area contributed by atoms with Gasteiger partial charge in [-0.05, 0) is 107 Å². The number of nitrogens with one attached hydrogen (secondary N) is 3. The van der Waals surface area contributed by atoms with Crippen molar-refractivity contribution in [3.05, 3.63) is 0 Å². The zero-order valence-electron chi connectivity index (χ0n) is 34.8. The summed E-state index contributed by atoms with van der Waals surface area (Å²) in [6.07, 6.45) is -2.65. The second-order valence-corrected chi connectivity index (χ2v) is 18.5. The van der Waals surface area contributed by atoms with Crippen LogP contribution < -0.4 is 33.2 Å². The van der Waals surface area contributed by atoms with Crippen molar-refractivity contribution in [3.63, 3.8) is 0 Å². The van der Waals surface area contributed by atoms with Gasteiger partial charge in [-0.15, -0.1) is 0 Å². The van der Waals surface area contributed by atoms with Crippen LogP contribution in [0.25, 0.3) is 0 Å². The van der Waals surface area contributed by atoms with Crippen LogP contribution in [0.3, 0.4) is 0 Å². The van der Waals surface area contributed by atoms with Crippen molar-refractivity contribution in [2.75, 3.05) is 47.0 Å². The molecular weight excluding hydrogens is 766 g/mol. The van der Waals surface area contributed by atoms with Gasteiger partial charge < -0.3 is 78.0 Å². The molecule has 0 spiro atoms. The number of Topliss-reactive ketones (excluding diaryl/α,β-unsaturated/α-hetero) is 2. The number of ketones is 2. The maximum absolute atomic E-state index is 14.9. The molecule has 19 unspecified atom stereocenters. The molecule has 3 saturated heterocycles. The molecule has 0 amide bonds. The van der Waals surface area contributed by atoms with Crippen LogP contribution >= 0.6 is 0 Å². The highest BCUT2D eigenvalue weighted by atomic mass is 16.7. The Kier molecular flexibility index (Phi) is 16.2. The highest BCUT2D eigenvalue weighted by Crippen LogP contribution is 2.52. The molecule has 0 aromatic carbocycles. The number of piperidine rings is 2. The third-order valence-corrected chi connectivity index (χ3v) is 15.2. The fourth-order valence-corrected chi connectivity index (χ4v) is 11.8. The van der Waals surface area contributed by atoms with Crippen LogP contribution in [-0.2, 0) is 23.8 Å². The molecule has 0 aromatic rings. The molecule has 18 nitrogen and oxygen atoms in total. The lowest BCUT2D eigenvalue weighted by Gasteiger charge is -2.54.